The molecule has 1 unspecified atom stereocenters. The van der Waals surface area contributed by atoms with Crippen molar-refractivity contribution < 1.29 is 22.7 Å². The molecule has 34 heavy (non-hydrogen) atoms. The van der Waals surface area contributed by atoms with Gasteiger partial charge in [0.25, 0.3) is 5.91 Å². The number of ether oxygens (including phenoxy) is 1. The summed E-state index contributed by atoms with van der Waals surface area (Å²) in [5, 5.41) is 0. The van der Waals surface area contributed by atoms with Crippen molar-refractivity contribution in [3.63, 3.8) is 0 Å². The van der Waals surface area contributed by atoms with Crippen molar-refractivity contribution in [3.8, 4) is 5.75 Å². The zero-order chi connectivity index (χ0) is 24.3. The minimum absolute atomic E-state index is 0.0416. The van der Waals surface area contributed by atoms with E-state index in [1.807, 2.05) is 13.0 Å². The Hall–Kier alpha value is -3.01. The normalized spacial score (nSPS) is 16.3. The van der Waals surface area contributed by atoms with E-state index in [1.54, 1.807) is 60.7 Å². The number of hydrogen-bond acceptors (Lipinski definition) is 5. The van der Waals surface area contributed by atoms with E-state index in [0.29, 0.717) is 23.6 Å². The number of hydrogen-bond donors (Lipinski definition) is 0. The van der Waals surface area contributed by atoms with Gasteiger partial charge in [-0.15, -0.1) is 0 Å². The number of benzene rings is 3. The molecule has 3 aromatic rings. The largest absolute Gasteiger partial charge is 0.494 e. The van der Waals surface area contributed by atoms with Gasteiger partial charge in [-0.05, 0) is 61.0 Å². The van der Waals surface area contributed by atoms with Crippen molar-refractivity contribution in [2.75, 3.05) is 11.5 Å². The Morgan fingerprint density at radius 1 is 0.971 bits per heavy atom. The molecule has 1 atom stereocenters. The molecule has 0 radical (unpaired) electrons. The van der Waals surface area contributed by atoms with Gasteiger partial charge in [0.1, 0.15) is 11.8 Å². The fraction of sp³-hybridized carbons (Fsp3) is 0.200. The third-order valence-corrected chi connectivity index (χ3v) is 7.88. The third kappa shape index (κ3) is 4.91. The van der Waals surface area contributed by atoms with Gasteiger partial charge in [-0.1, -0.05) is 46.3 Å². The van der Waals surface area contributed by atoms with Gasteiger partial charge < -0.3 is 4.74 Å². The fourth-order valence-corrected chi connectivity index (χ4v) is 5.67. The van der Waals surface area contributed by atoms with Gasteiger partial charge in [0.15, 0.2) is 0 Å². The van der Waals surface area contributed by atoms with Gasteiger partial charge in [0, 0.05) is 11.0 Å². The molecule has 7 nitrogen and oxygen atoms in total. The molecule has 0 bridgehead atoms. The summed E-state index contributed by atoms with van der Waals surface area (Å²) in [4.78, 5) is 27.5. The van der Waals surface area contributed by atoms with Crippen molar-refractivity contribution in [2.24, 2.45) is 0 Å². The second kappa shape index (κ2) is 10.1. The Kier molecular flexibility index (Phi) is 7.16. The monoisotopic (exact) mass is 542 g/mol. The first-order valence-electron chi connectivity index (χ1n) is 10.7. The van der Waals surface area contributed by atoms with Crippen LogP contribution in [-0.2, 0) is 26.2 Å². The summed E-state index contributed by atoms with van der Waals surface area (Å²) >= 11 is 3.31. The number of carbonyl (C=O) groups excluding carboxylic acids is 2. The highest BCUT2D eigenvalue weighted by atomic mass is 79.9. The quantitative estimate of drug-likeness (QED) is 0.394. The second-order valence-corrected chi connectivity index (χ2v) is 10.5. The topological polar surface area (TPSA) is 84.0 Å². The van der Waals surface area contributed by atoms with E-state index >= 15 is 0 Å². The highest BCUT2D eigenvalue weighted by Crippen LogP contribution is 2.31. The summed E-state index contributed by atoms with van der Waals surface area (Å²) in [5.74, 6) is -0.417. The standard InChI is InChI=1S/C25H23BrN2O5S/c1-2-33-21-12-10-20(11-13-21)28-24(29)16-23(25(28)30)27(17-18-6-4-3-5-7-18)34(31,32)22-14-8-19(26)9-15-22/h3-15,23H,2,16-17H2,1H3. The number of sulfonamides is 1. The minimum atomic E-state index is -4.08. The van der Waals surface area contributed by atoms with E-state index in [0.717, 1.165) is 13.7 Å². The van der Waals surface area contributed by atoms with Crippen molar-refractivity contribution in [3.05, 3.63) is 88.9 Å². The van der Waals surface area contributed by atoms with E-state index in [1.165, 1.54) is 12.1 Å². The number of carbonyl (C=O) groups is 2. The van der Waals surface area contributed by atoms with E-state index in [4.69, 9.17) is 4.74 Å². The average Bonchev–Trinajstić information content (AvgIpc) is 3.12. The van der Waals surface area contributed by atoms with E-state index in [2.05, 4.69) is 15.9 Å². The summed E-state index contributed by atoms with van der Waals surface area (Å²) in [6.07, 6.45) is -0.241. The summed E-state index contributed by atoms with van der Waals surface area (Å²) < 4.78 is 34.6. The summed E-state index contributed by atoms with van der Waals surface area (Å²) in [6.45, 7) is 2.31. The average molecular weight is 543 g/mol. The van der Waals surface area contributed by atoms with Gasteiger partial charge >= 0.3 is 0 Å². The molecular formula is C25H23BrN2O5S. The van der Waals surface area contributed by atoms with Crippen LogP contribution < -0.4 is 9.64 Å². The molecule has 176 valence electrons. The van der Waals surface area contributed by atoms with Crippen LogP contribution in [0.2, 0.25) is 0 Å². The molecule has 2 amide bonds. The summed E-state index contributed by atoms with van der Waals surface area (Å²) in [7, 11) is -4.08. The molecule has 4 rings (SSSR count). The third-order valence-electron chi connectivity index (χ3n) is 5.48. The molecule has 0 spiro atoms. The maximum Gasteiger partial charge on any atom is 0.252 e. The minimum Gasteiger partial charge on any atom is -0.494 e. The number of nitrogens with zero attached hydrogens (tertiary/aromatic N) is 2. The molecule has 0 N–H and O–H groups in total. The molecule has 1 heterocycles. The highest BCUT2D eigenvalue weighted by Gasteiger charge is 2.47. The van der Waals surface area contributed by atoms with Crippen LogP contribution in [-0.4, -0.2) is 37.2 Å². The zero-order valence-corrected chi connectivity index (χ0v) is 20.8. The van der Waals surface area contributed by atoms with Crippen LogP contribution >= 0.6 is 15.9 Å². The van der Waals surface area contributed by atoms with Crippen LogP contribution in [0.4, 0.5) is 5.69 Å². The van der Waals surface area contributed by atoms with E-state index in [-0.39, 0.29) is 17.9 Å². The lowest BCUT2D eigenvalue weighted by atomic mass is 10.2. The lowest BCUT2D eigenvalue weighted by Gasteiger charge is -2.27. The van der Waals surface area contributed by atoms with E-state index < -0.39 is 27.9 Å². The molecular weight excluding hydrogens is 520 g/mol. The zero-order valence-electron chi connectivity index (χ0n) is 18.4. The number of amides is 2. The predicted octanol–water partition coefficient (Wildman–Crippen LogP) is 4.37. The molecule has 0 aromatic heterocycles. The van der Waals surface area contributed by atoms with Crippen LogP contribution in [0.5, 0.6) is 5.75 Å². The van der Waals surface area contributed by atoms with Gasteiger partial charge in [-0.2, -0.15) is 4.31 Å². The molecule has 1 saturated heterocycles. The first-order valence-corrected chi connectivity index (χ1v) is 13.0. The Labute approximate surface area is 207 Å². The Morgan fingerprint density at radius 3 is 2.24 bits per heavy atom. The molecule has 0 aliphatic carbocycles. The highest BCUT2D eigenvalue weighted by molar-refractivity contribution is 9.10. The van der Waals surface area contributed by atoms with Crippen LogP contribution in [0.25, 0.3) is 0 Å². The summed E-state index contributed by atoms with van der Waals surface area (Å²) in [6, 6.07) is 20.6. The van der Waals surface area contributed by atoms with Crippen molar-refractivity contribution in [1.82, 2.24) is 4.31 Å². The van der Waals surface area contributed by atoms with Crippen LogP contribution in [0.15, 0.2) is 88.2 Å². The number of halogens is 1. The van der Waals surface area contributed by atoms with Crippen molar-refractivity contribution in [1.29, 1.82) is 0 Å². The van der Waals surface area contributed by atoms with Gasteiger partial charge in [-0.3, -0.25) is 9.59 Å². The predicted molar refractivity (Wildman–Crippen MR) is 132 cm³/mol. The SMILES string of the molecule is CCOc1ccc(N2C(=O)CC(N(Cc3ccccc3)S(=O)(=O)c3ccc(Br)cc3)C2=O)cc1. The van der Waals surface area contributed by atoms with Gasteiger partial charge in [0.05, 0.1) is 23.6 Å². The first-order chi connectivity index (χ1) is 16.3. The molecule has 1 fully saturated rings. The fourth-order valence-electron chi connectivity index (χ4n) is 3.84. The maximum absolute atomic E-state index is 13.7. The van der Waals surface area contributed by atoms with Crippen LogP contribution in [0, 0.1) is 0 Å². The Morgan fingerprint density at radius 2 is 1.62 bits per heavy atom. The second-order valence-electron chi connectivity index (χ2n) is 7.70. The lowest BCUT2D eigenvalue weighted by molar-refractivity contribution is -0.122. The smallest absolute Gasteiger partial charge is 0.252 e. The Balaban J connectivity index is 1.70. The first kappa shape index (κ1) is 24.1. The summed E-state index contributed by atoms with van der Waals surface area (Å²) in [5.41, 5.74) is 1.09. The lowest BCUT2D eigenvalue weighted by Crippen LogP contribution is -2.45. The molecule has 1 aliphatic rings. The Bertz CT molecular complexity index is 1280. The van der Waals surface area contributed by atoms with Crippen molar-refractivity contribution in [2.45, 2.75) is 30.8 Å². The molecule has 9 heteroatoms. The van der Waals surface area contributed by atoms with Crippen LogP contribution in [0.1, 0.15) is 18.9 Å². The molecule has 0 saturated carbocycles. The van der Waals surface area contributed by atoms with Crippen LogP contribution in [0.3, 0.4) is 0 Å². The molecule has 1 aliphatic heterocycles. The van der Waals surface area contributed by atoms with Crippen molar-refractivity contribution >= 4 is 43.5 Å². The van der Waals surface area contributed by atoms with Gasteiger partial charge in [0.2, 0.25) is 15.9 Å². The number of rotatable bonds is 8. The van der Waals surface area contributed by atoms with Gasteiger partial charge in [-0.25, -0.2) is 13.3 Å². The number of imide groups is 1. The maximum atomic E-state index is 13.7. The molecule has 3 aromatic carbocycles. The van der Waals surface area contributed by atoms with E-state index in [9.17, 15) is 18.0 Å². The number of anilines is 1.